The standard InChI is InChI=1S/C17H14N2O/c18-17(16-6-3-9-20-16)11-7-8-15-13(10-11)12-4-1-2-5-14(12)19-15/h1-10,17,19H,18H2. The molecule has 0 saturated heterocycles. The van der Waals surface area contributed by atoms with Gasteiger partial charge in [-0.2, -0.15) is 0 Å². The molecule has 3 N–H and O–H groups in total. The van der Waals surface area contributed by atoms with Crippen molar-refractivity contribution in [2.45, 2.75) is 6.04 Å². The molecule has 0 amide bonds. The van der Waals surface area contributed by atoms with E-state index < -0.39 is 0 Å². The van der Waals surface area contributed by atoms with Crippen LogP contribution in [-0.2, 0) is 0 Å². The van der Waals surface area contributed by atoms with E-state index in [4.69, 9.17) is 10.2 Å². The van der Waals surface area contributed by atoms with Crippen LogP contribution in [0.5, 0.6) is 0 Å². The van der Waals surface area contributed by atoms with E-state index in [2.05, 4.69) is 35.3 Å². The molecule has 3 heteroatoms. The first-order valence-electron chi connectivity index (χ1n) is 6.62. The van der Waals surface area contributed by atoms with Crippen molar-refractivity contribution in [3.8, 4) is 0 Å². The van der Waals surface area contributed by atoms with Crippen LogP contribution in [0.25, 0.3) is 21.8 Å². The molecule has 2 heterocycles. The third-order valence-electron chi connectivity index (χ3n) is 3.74. The van der Waals surface area contributed by atoms with Crippen molar-refractivity contribution >= 4 is 21.8 Å². The van der Waals surface area contributed by atoms with Crippen LogP contribution >= 0.6 is 0 Å². The van der Waals surface area contributed by atoms with Gasteiger partial charge in [0.25, 0.3) is 0 Å². The molecule has 0 aliphatic heterocycles. The van der Waals surface area contributed by atoms with Crippen LogP contribution in [0.15, 0.2) is 65.3 Å². The summed E-state index contributed by atoms with van der Waals surface area (Å²) in [5.74, 6) is 0.782. The topological polar surface area (TPSA) is 55.0 Å². The number of nitrogens with two attached hydrogens (primary N) is 1. The first kappa shape index (κ1) is 11.3. The summed E-state index contributed by atoms with van der Waals surface area (Å²) in [5.41, 5.74) is 9.58. The molecule has 98 valence electrons. The number of benzene rings is 2. The summed E-state index contributed by atoms with van der Waals surface area (Å²) in [6.07, 6.45) is 1.65. The molecule has 2 aromatic carbocycles. The summed E-state index contributed by atoms with van der Waals surface area (Å²) >= 11 is 0. The number of nitrogens with one attached hydrogen (secondary N) is 1. The highest BCUT2D eigenvalue weighted by atomic mass is 16.3. The fourth-order valence-electron chi connectivity index (χ4n) is 2.69. The summed E-state index contributed by atoms with van der Waals surface area (Å²) in [6.45, 7) is 0. The molecule has 4 rings (SSSR count). The predicted molar refractivity (Wildman–Crippen MR) is 80.5 cm³/mol. The summed E-state index contributed by atoms with van der Waals surface area (Å²) in [4.78, 5) is 3.41. The number of fused-ring (bicyclic) bond motifs is 3. The van der Waals surface area contributed by atoms with Crippen molar-refractivity contribution in [1.29, 1.82) is 0 Å². The summed E-state index contributed by atoms with van der Waals surface area (Å²) in [7, 11) is 0. The van der Waals surface area contributed by atoms with Crippen molar-refractivity contribution in [1.82, 2.24) is 4.98 Å². The zero-order valence-electron chi connectivity index (χ0n) is 10.8. The number of aromatic amines is 1. The first-order valence-corrected chi connectivity index (χ1v) is 6.62. The van der Waals surface area contributed by atoms with Crippen LogP contribution in [0, 0.1) is 0 Å². The third kappa shape index (κ3) is 1.64. The molecule has 0 aliphatic carbocycles. The van der Waals surface area contributed by atoms with Gasteiger partial charge in [-0.3, -0.25) is 0 Å². The maximum Gasteiger partial charge on any atom is 0.124 e. The second-order valence-electron chi connectivity index (χ2n) is 4.97. The van der Waals surface area contributed by atoms with Crippen LogP contribution in [0.3, 0.4) is 0 Å². The Morgan fingerprint density at radius 1 is 0.900 bits per heavy atom. The lowest BCUT2D eigenvalue weighted by Crippen LogP contribution is -2.10. The van der Waals surface area contributed by atoms with E-state index in [9.17, 15) is 0 Å². The van der Waals surface area contributed by atoms with Gasteiger partial charge in [0.1, 0.15) is 5.76 Å². The van der Waals surface area contributed by atoms with Gasteiger partial charge in [0.2, 0.25) is 0 Å². The lowest BCUT2D eigenvalue weighted by Gasteiger charge is -2.09. The maximum atomic E-state index is 6.26. The molecule has 3 nitrogen and oxygen atoms in total. The van der Waals surface area contributed by atoms with Crippen LogP contribution in [0.4, 0.5) is 0 Å². The van der Waals surface area contributed by atoms with E-state index >= 15 is 0 Å². The van der Waals surface area contributed by atoms with Crippen LogP contribution in [0.2, 0.25) is 0 Å². The van der Waals surface area contributed by atoms with Gasteiger partial charge in [-0.1, -0.05) is 24.3 Å². The number of aromatic nitrogens is 1. The van der Waals surface area contributed by atoms with Gasteiger partial charge in [-0.05, 0) is 35.9 Å². The minimum atomic E-state index is -0.233. The smallest absolute Gasteiger partial charge is 0.124 e. The zero-order chi connectivity index (χ0) is 13.5. The summed E-state index contributed by atoms with van der Waals surface area (Å²) in [6, 6.07) is 18.1. The quantitative estimate of drug-likeness (QED) is 0.574. The highest BCUT2D eigenvalue weighted by Gasteiger charge is 2.13. The van der Waals surface area contributed by atoms with E-state index in [1.165, 1.54) is 10.8 Å². The molecule has 0 radical (unpaired) electrons. The molecule has 0 aliphatic rings. The molecular formula is C17H14N2O. The summed E-state index contributed by atoms with van der Waals surface area (Å²) < 4.78 is 5.40. The number of furan rings is 1. The molecule has 4 aromatic rings. The molecule has 1 unspecified atom stereocenters. The van der Waals surface area contributed by atoms with E-state index in [0.29, 0.717) is 0 Å². The third-order valence-corrected chi connectivity index (χ3v) is 3.74. The van der Waals surface area contributed by atoms with Gasteiger partial charge in [0, 0.05) is 21.8 Å². The Morgan fingerprint density at radius 2 is 1.75 bits per heavy atom. The number of para-hydroxylation sites is 1. The Kier molecular flexibility index (Phi) is 2.41. The molecule has 1 atom stereocenters. The number of H-pyrrole nitrogens is 1. The van der Waals surface area contributed by atoms with Crippen molar-refractivity contribution in [2.24, 2.45) is 5.73 Å². The predicted octanol–water partition coefficient (Wildman–Crippen LogP) is 3.96. The van der Waals surface area contributed by atoms with E-state index in [1.54, 1.807) is 6.26 Å². The lowest BCUT2D eigenvalue weighted by atomic mass is 10.0. The number of hydrogen-bond donors (Lipinski definition) is 2. The molecular weight excluding hydrogens is 248 g/mol. The number of hydrogen-bond acceptors (Lipinski definition) is 2. The van der Waals surface area contributed by atoms with Gasteiger partial charge < -0.3 is 15.1 Å². The zero-order valence-corrected chi connectivity index (χ0v) is 10.8. The van der Waals surface area contributed by atoms with Gasteiger partial charge in [-0.25, -0.2) is 0 Å². The van der Waals surface area contributed by atoms with Gasteiger partial charge in [-0.15, -0.1) is 0 Å². The molecule has 2 aromatic heterocycles. The fraction of sp³-hybridized carbons (Fsp3) is 0.0588. The van der Waals surface area contributed by atoms with Gasteiger partial charge in [0.15, 0.2) is 0 Å². The molecule has 0 saturated carbocycles. The normalized spacial score (nSPS) is 13.1. The summed E-state index contributed by atoms with van der Waals surface area (Å²) in [5, 5.41) is 2.41. The monoisotopic (exact) mass is 262 g/mol. The van der Waals surface area contributed by atoms with E-state index in [1.807, 2.05) is 24.3 Å². The van der Waals surface area contributed by atoms with Gasteiger partial charge in [0.05, 0.1) is 12.3 Å². The molecule has 0 spiro atoms. The Hall–Kier alpha value is -2.52. The van der Waals surface area contributed by atoms with Crippen LogP contribution in [0.1, 0.15) is 17.4 Å². The highest BCUT2D eigenvalue weighted by molar-refractivity contribution is 6.07. The lowest BCUT2D eigenvalue weighted by molar-refractivity contribution is 0.490. The maximum absolute atomic E-state index is 6.26. The van der Waals surface area contributed by atoms with E-state index in [0.717, 1.165) is 22.4 Å². The Bertz CT molecular complexity index is 874. The van der Waals surface area contributed by atoms with Crippen LogP contribution in [-0.4, -0.2) is 4.98 Å². The largest absolute Gasteiger partial charge is 0.467 e. The Balaban J connectivity index is 1.91. The first-order chi connectivity index (χ1) is 9.83. The minimum absolute atomic E-state index is 0.233. The van der Waals surface area contributed by atoms with Crippen molar-refractivity contribution in [3.63, 3.8) is 0 Å². The average molecular weight is 262 g/mol. The SMILES string of the molecule is NC(c1ccc2[nH]c3ccccc3c2c1)c1ccco1. The second-order valence-corrected chi connectivity index (χ2v) is 4.97. The highest BCUT2D eigenvalue weighted by Crippen LogP contribution is 2.29. The molecule has 0 fully saturated rings. The fourth-order valence-corrected chi connectivity index (χ4v) is 2.69. The average Bonchev–Trinajstić information content (AvgIpc) is 3.13. The van der Waals surface area contributed by atoms with E-state index in [-0.39, 0.29) is 6.04 Å². The van der Waals surface area contributed by atoms with Crippen molar-refractivity contribution < 1.29 is 4.42 Å². The molecule has 0 bridgehead atoms. The second kappa shape index (κ2) is 4.25. The molecule has 20 heavy (non-hydrogen) atoms. The van der Waals surface area contributed by atoms with Gasteiger partial charge >= 0.3 is 0 Å². The minimum Gasteiger partial charge on any atom is -0.467 e. The Morgan fingerprint density at radius 3 is 2.60 bits per heavy atom. The number of rotatable bonds is 2. The Labute approximate surface area is 116 Å². The van der Waals surface area contributed by atoms with Crippen molar-refractivity contribution in [3.05, 3.63) is 72.2 Å². The van der Waals surface area contributed by atoms with Crippen LogP contribution < -0.4 is 5.73 Å². The van der Waals surface area contributed by atoms with Crippen molar-refractivity contribution in [2.75, 3.05) is 0 Å².